The van der Waals surface area contributed by atoms with Crippen LogP contribution in [-0.4, -0.2) is 26.1 Å². The van der Waals surface area contributed by atoms with E-state index >= 15 is 0 Å². The summed E-state index contributed by atoms with van der Waals surface area (Å²) in [5, 5.41) is 0. The van der Waals surface area contributed by atoms with Crippen molar-refractivity contribution < 1.29 is 14.2 Å². The zero-order valence-electron chi connectivity index (χ0n) is 8.89. The van der Waals surface area contributed by atoms with E-state index in [1.165, 1.54) is 5.56 Å². The van der Waals surface area contributed by atoms with Gasteiger partial charge in [-0.3, -0.25) is 0 Å². The van der Waals surface area contributed by atoms with Gasteiger partial charge in [0.1, 0.15) is 12.9 Å². The standard InChI is InChI=1S/C12H16O3/c1-10(11-5-3-2-4-6-11)15-9-13-7-12-8-14-12/h2-6,10,12H,7-9H2,1H3/t10?,12-/m1/s1. The van der Waals surface area contributed by atoms with E-state index in [9.17, 15) is 0 Å². The molecule has 2 atom stereocenters. The van der Waals surface area contributed by atoms with E-state index in [0.717, 1.165) is 6.61 Å². The molecule has 0 aliphatic carbocycles. The molecule has 0 radical (unpaired) electrons. The van der Waals surface area contributed by atoms with Crippen molar-refractivity contribution in [1.29, 1.82) is 0 Å². The SMILES string of the molecule is CC(OCOC[C@@H]1CO1)c1ccccc1. The van der Waals surface area contributed by atoms with Gasteiger partial charge in [0.15, 0.2) is 0 Å². The van der Waals surface area contributed by atoms with E-state index in [1.54, 1.807) is 0 Å². The monoisotopic (exact) mass is 208 g/mol. The largest absolute Gasteiger partial charge is 0.371 e. The molecule has 1 unspecified atom stereocenters. The number of ether oxygens (including phenoxy) is 3. The molecule has 3 heteroatoms. The Morgan fingerprint density at radius 3 is 2.80 bits per heavy atom. The highest BCUT2D eigenvalue weighted by Crippen LogP contribution is 2.16. The lowest BCUT2D eigenvalue weighted by Crippen LogP contribution is -2.08. The molecule has 0 aromatic heterocycles. The van der Waals surface area contributed by atoms with Gasteiger partial charge in [0.2, 0.25) is 0 Å². The fourth-order valence-electron chi connectivity index (χ4n) is 1.31. The lowest BCUT2D eigenvalue weighted by atomic mass is 10.1. The molecule has 1 saturated heterocycles. The maximum Gasteiger partial charge on any atom is 0.147 e. The van der Waals surface area contributed by atoms with Crippen molar-refractivity contribution >= 4 is 0 Å². The third kappa shape index (κ3) is 3.63. The topological polar surface area (TPSA) is 31.0 Å². The summed E-state index contributed by atoms with van der Waals surface area (Å²) in [6.07, 6.45) is 0.381. The molecule has 2 rings (SSSR count). The lowest BCUT2D eigenvalue weighted by Gasteiger charge is -2.12. The van der Waals surface area contributed by atoms with Crippen LogP contribution in [0.15, 0.2) is 30.3 Å². The van der Waals surface area contributed by atoms with Crippen LogP contribution in [0.5, 0.6) is 0 Å². The molecule has 1 fully saturated rings. The molecule has 0 amide bonds. The Morgan fingerprint density at radius 1 is 1.40 bits per heavy atom. The maximum atomic E-state index is 5.53. The first-order valence-corrected chi connectivity index (χ1v) is 5.22. The molecule has 1 aromatic rings. The van der Waals surface area contributed by atoms with Crippen LogP contribution in [0, 0.1) is 0 Å². The molecule has 1 aromatic carbocycles. The predicted octanol–water partition coefficient (Wildman–Crippen LogP) is 2.14. The smallest absolute Gasteiger partial charge is 0.147 e. The lowest BCUT2D eigenvalue weighted by molar-refractivity contribution is -0.0881. The third-order valence-electron chi connectivity index (χ3n) is 2.38. The molecule has 1 aliphatic rings. The fourth-order valence-corrected chi connectivity index (χ4v) is 1.31. The highest BCUT2D eigenvalue weighted by atomic mass is 16.7. The van der Waals surface area contributed by atoms with Crippen LogP contribution in [0.2, 0.25) is 0 Å². The van der Waals surface area contributed by atoms with Crippen LogP contribution < -0.4 is 0 Å². The van der Waals surface area contributed by atoms with Gasteiger partial charge >= 0.3 is 0 Å². The minimum absolute atomic E-state index is 0.0753. The van der Waals surface area contributed by atoms with Crippen molar-refractivity contribution in [3.63, 3.8) is 0 Å². The van der Waals surface area contributed by atoms with Gasteiger partial charge in [0, 0.05) is 0 Å². The molecule has 1 heterocycles. The van der Waals surface area contributed by atoms with E-state index in [1.807, 2.05) is 25.1 Å². The van der Waals surface area contributed by atoms with Gasteiger partial charge in [0.05, 0.1) is 19.3 Å². The molecular weight excluding hydrogens is 192 g/mol. The van der Waals surface area contributed by atoms with Crippen LogP contribution >= 0.6 is 0 Å². The highest BCUT2D eigenvalue weighted by Gasteiger charge is 2.22. The average Bonchev–Trinajstić information content (AvgIpc) is 3.09. The molecule has 0 spiro atoms. The van der Waals surface area contributed by atoms with E-state index in [4.69, 9.17) is 14.2 Å². The Kier molecular flexibility index (Phi) is 3.72. The van der Waals surface area contributed by atoms with Gasteiger partial charge in [-0.05, 0) is 12.5 Å². The van der Waals surface area contributed by atoms with Crippen LogP contribution in [0.3, 0.4) is 0 Å². The zero-order chi connectivity index (χ0) is 10.5. The summed E-state index contributed by atoms with van der Waals surface area (Å²) in [4.78, 5) is 0. The second-order valence-electron chi connectivity index (χ2n) is 3.66. The highest BCUT2D eigenvalue weighted by molar-refractivity contribution is 5.16. The molecule has 1 aliphatic heterocycles. The maximum absolute atomic E-state index is 5.53. The van der Waals surface area contributed by atoms with Gasteiger partial charge in [0.25, 0.3) is 0 Å². The van der Waals surface area contributed by atoms with Crippen LogP contribution in [0.25, 0.3) is 0 Å². The number of hydrogen-bond acceptors (Lipinski definition) is 3. The van der Waals surface area contributed by atoms with Gasteiger partial charge < -0.3 is 14.2 Å². The predicted molar refractivity (Wildman–Crippen MR) is 56.5 cm³/mol. The van der Waals surface area contributed by atoms with Crippen molar-refractivity contribution in [2.24, 2.45) is 0 Å². The quantitative estimate of drug-likeness (QED) is 0.407. The molecule has 0 N–H and O–H groups in total. The number of hydrogen-bond donors (Lipinski definition) is 0. The van der Waals surface area contributed by atoms with Crippen molar-refractivity contribution in [1.82, 2.24) is 0 Å². The molecule has 0 saturated carbocycles. The molecular formula is C12H16O3. The first-order chi connectivity index (χ1) is 7.36. The van der Waals surface area contributed by atoms with Crippen molar-refractivity contribution in [3.05, 3.63) is 35.9 Å². The second kappa shape index (κ2) is 5.26. The normalized spacial score (nSPS) is 21.3. The second-order valence-corrected chi connectivity index (χ2v) is 3.66. The van der Waals surface area contributed by atoms with Gasteiger partial charge in [-0.1, -0.05) is 30.3 Å². The number of rotatable bonds is 6. The van der Waals surface area contributed by atoms with E-state index in [-0.39, 0.29) is 6.10 Å². The Morgan fingerprint density at radius 2 is 2.13 bits per heavy atom. The summed E-state index contributed by atoms with van der Waals surface area (Å²) in [7, 11) is 0. The summed E-state index contributed by atoms with van der Waals surface area (Å²) >= 11 is 0. The molecule has 0 bridgehead atoms. The summed E-state index contributed by atoms with van der Waals surface area (Å²) in [6.45, 7) is 3.82. The Labute approximate surface area is 90.0 Å². The Bertz CT molecular complexity index is 282. The van der Waals surface area contributed by atoms with E-state index < -0.39 is 0 Å². The number of epoxide rings is 1. The van der Waals surface area contributed by atoms with Crippen molar-refractivity contribution in [2.45, 2.75) is 19.1 Å². The minimum Gasteiger partial charge on any atom is -0.371 e. The fraction of sp³-hybridized carbons (Fsp3) is 0.500. The summed E-state index contributed by atoms with van der Waals surface area (Å²) in [5.74, 6) is 0. The van der Waals surface area contributed by atoms with Crippen molar-refractivity contribution in [2.75, 3.05) is 20.0 Å². The van der Waals surface area contributed by atoms with Crippen molar-refractivity contribution in [3.8, 4) is 0 Å². The van der Waals surface area contributed by atoms with E-state index in [0.29, 0.717) is 19.5 Å². The summed E-state index contributed by atoms with van der Waals surface area (Å²) in [5.41, 5.74) is 1.17. The van der Waals surface area contributed by atoms with Crippen LogP contribution in [-0.2, 0) is 14.2 Å². The minimum atomic E-state index is 0.0753. The first-order valence-electron chi connectivity index (χ1n) is 5.22. The van der Waals surface area contributed by atoms with Gasteiger partial charge in [-0.2, -0.15) is 0 Å². The average molecular weight is 208 g/mol. The Hall–Kier alpha value is -0.900. The Balaban J connectivity index is 1.65. The van der Waals surface area contributed by atoms with Gasteiger partial charge in [-0.25, -0.2) is 0 Å². The third-order valence-corrected chi connectivity index (χ3v) is 2.38. The van der Waals surface area contributed by atoms with Crippen LogP contribution in [0.1, 0.15) is 18.6 Å². The molecule has 3 nitrogen and oxygen atoms in total. The zero-order valence-corrected chi connectivity index (χ0v) is 8.89. The molecule has 15 heavy (non-hydrogen) atoms. The van der Waals surface area contributed by atoms with E-state index in [2.05, 4.69) is 12.1 Å². The number of benzene rings is 1. The summed E-state index contributed by atoms with van der Waals surface area (Å²) < 4.78 is 15.9. The first kappa shape index (κ1) is 10.6. The summed E-state index contributed by atoms with van der Waals surface area (Å²) in [6, 6.07) is 10.1. The van der Waals surface area contributed by atoms with Gasteiger partial charge in [-0.15, -0.1) is 0 Å². The van der Waals surface area contributed by atoms with Crippen LogP contribution in [0.4, 0.5) is 0 Å². The molecule has 82 valence electrons.